The highest BCUT2D eigenvalue weighted by Gasteiger charge is 2.36. The molecule has 0 aliphatic heterocycles. The maximum atomic E-state index is 9.95. The summed E-state index contributed by atoms with van der Waals surface area (Å²) < 4.78 is 0. The van der Waals surface area contributed by atoms with Crippen molar-refractivity contribution < 1.29 is 10.2 Å². The molecule has 3 heteroatoms. The summed E-state index contributed by atoms with van der Waals surface area (Å²) in [6.45, 7) is 18.2. The average Bonchev–Trinajstić information content (AvgIpc) is 2.69. The third-order valence-corrected chi connectivity index (χ3v) is 6.08. The number of hydrogen-bond donors (Lipinski definition) is 2. The quantitative estimate of drug-likeness (QED) is 0.252. The molecule has 1 aromatic carbocycles. The molecule has 1 aliphatic carbocycles. The van der Waals surface area contributed by atoms with E-state index in [0.29, 0.717) is 0 Å². The Labute approximate surface area is 183 Å². The minimum atomic E-state index is -2.37. The van der Waals surface area contributed by atoms with Gasteiger partial charge >= 0.3 is 0 Å². The number of rotatable bonds is 8. The van der Waals surface area contributed by atoms with Gasteiger partial charge in [0.1, 0.15) is 5.69 Å². The van der Waals surface area contributed by atoms with Gasteiger partial charge in [0.2, 0.25) is 0 Å². The van der Waals surface area contributed by atoms with Gasteiger partial charge in [-0.2, -0.15) is 0 Å². The Bertz CT molecular complexity index is 829. The van der Waals surface area contributed by atoms with Crippen LogP contribution in [0.25, 0.3) is 0 Å². The van der Waals surface area contributed by atoms with Gasteiger partial charge in [0.25, 0.3) is 0 Å². The molecule has 2 atom stereocenters. The van der Waals surface area contributed by atoms with E-state index >= 15 is 0 Å². The van der Waals surface area contributed by atoms with Crippen molar-refractivity contribution in [3.05, 3.63) is 96.2 Å². The summed E-state index contributed by atoms with van der Waals surface area (Å²) in [6, 6.07) is 8.58. The second-order valence-electron chi connectivity index (χ2n) is 9.29. The summed E-state index contributed by atoms with van der Waals surface area (Å²) in [7, 11) is 5.57. The number of allylic oxidation sites excluding steroid dienone is 6. The minimum Gasteiger partial charge on any atom is -0.371 e. The minimum absolute atomic E-state index is 0.0150. The molecule has 30 heavy (non-hydrogen) atoms. The summed E-state index contributed by atoms with van der Waals surface area (Å²) in [5, 5.41) is 19.9. The maximum Gasteiger partial charge on any atom is 0.160 e. The predicted molar refractivity (Wildman–Crippen MR) is 128 cm³/mol. The van der Waals surface area contributed by atoms with Crippen molar-refractivity contribution in [1.82, 2.24) is 0 Å². The molecule has 0 spiro atoms. The summed E-state index contributed by atoms with van der Waals surface area (Å²) in [6.07, 6.45) is 11.5. The zero-order valence-electron chi connectivity index (χ0n) is 18.7. The largest absolute Gasteiger partial charge is 0.371 e. The van der Waals surface area contributed by atoms with E-state index in [4.69, 9.17) is 7.85 Å². The lowest BCUT2D eigenvalue weighted by Crippen LogP contribution is -2.37. The van der Waals surface area contributed by atoms with Gasteiger partial charge in [-0.25, -0.2) is 0 Å². The van der Waals surface area contributed by atoms with Crippen molar-refractivity contribution in [2.45, 2.75) is 58.1 Å². The van der Waals surface area contributed by atoms with Crippen molar-refractivity contribution in [3.63, 3.8) is 0 Å². The van der Waals surface area contributed by atoms with E-state index in [1.54, 1.807) is 6.08 Å². The first-order chi connectivity index (χ1) is 14.0. The Morgan fingerprint density at radius 1 is 1.17 bits per heavy atom. The van der Waals surface area contributed by atoms with Crippen LogP contribution in [-0.4, -0.2) is 23.7 Å². The SMILES string of the molecule is [B]C(O)(O)C(=C)C1CCC(C(C)(C)C)=CC1c1ccc(CC/C(C=C)=C/C=C)cc1. The first-order valence-corrected chi connectivity index (χ1v) is 10.6. The molecule has 0 fully saturated rings. The first-order valence-electron chi connectivity index (χ1n) is 10.6. The summed E-state index contributed by atoms with van der Waals surface area (Å²) in [5.74, 6) is -0.106. The van der Waals surface area contributed by atoms with E-state index in [0.717, 1.165) is 31.2 Å². The number of aliphatic hydroxyl groups is 2. The van der Waals surface area contributed by atoms with Crippen LogP contribution < -0.4 is 0 Å². The lowest BCUT2D eigenvalue weighted by molar-refractivity contribution is -0.0600. The van der Waals surface area contributed by atoms with Gasteiger partial charge in [-0.05, 0) is 59.3 Å². The van der Waals surface area contributed by atoms with Crippen LogP contribution in [0.4, 0.5) is 0 Å². The molecule has 0 heterocycles. The lowest BCUT2D eigenvalue weighted by Gasteiger charge is -2.39. The van der Waals surface area contributed by atoms with Crippen LogP contribution in [-0.2, 0) is 6.42 Å². The molecule has 2 radical (unpaired) electrons. The smallest absolute Gasteiger partial charge is 0.160 e. The van der Waals surface area contributed by atoms with Gasteiger partial charge < -0.3 is 10.2 Å². The van der Waals surface area contributed by atoms with Crippen LogP contribution in [0.2, 0.25) is 0 Å². The van der Waals surface area contributed by atoms with Crippen LogP contribution in [0.3, 0.4) is 0 Å². The predicted octanol–water partition coefficient (Wildman–Crippen LogP) is 5.75. The van der Waals surface area contributed by atoms with Gasteiger partial charge in [-0.3, -0.25) is 0 Å². The summed E-state index contributed by atoms with van der Waals surface area (Å²) in [4.78, 5) is 0. The third kappa shape index (κ3) is 6.20. The molecule has 0 bridgehead atoms. The summed E-state index contributed by atoms with van der Waals surface area (Å²) >= 11 is 0. The van der Waals surface area contributed by atoms with E-state index in [9.17, 15) is 10.2 Å². The molecule has 158 valence electrons. The molecule has 0 saturated carbocycles. The van der Waals surface area contributed by atoms with Crippen LogP contribution >= 0.6 is 0 Å². The topological polar surface area (TPSA) is 40.5 Å². The monoisotopic (exact) mass is 402 g/mol. The molecular formula is C27H35BO2. The van der Waals surface area contributed by atoms with Gasteiger partial charge in [0.05, 0.1) is 0 Å². The zero-order chi connectivity index (χ0) is 22.5. The Balaban J connectivity index is 2.31. The van der Waals surface area contributed by atoms with Gasteiger partial charge in [-0.1, -0.05) is 94.7 Å². The standard InChI is InChI=1S/C27H35BO2/c1-7-9-20(8-2)10-11-21-12-14-22(15-13-21)25-18-23(26(4,5)6)16-17-24(25)19(3)27(28,29)30/h7-9,12-15,18,24-25,29-30H,1-3,10-11,16-17H2,4-6H3/b20-9+. The Hall–Kier alpha value is -2.10. The van der Waals surface area contributed by atoms with E-state index < -0.39 is 5.69 Å². The molecule has 2 unspecified atom stereocenters. The molecule has 1 aromatic rings. The van der Waals surface area contributed by atoms with Crippen LogP contribution in [0, 0.1) is 11.3 Å². The fraction of sp³-hybridized carbons (Fsp3) is 0.407. The van der Waals surface area contributed by atoms with Crippen LogP contribution in [0.1, 0.15) is 57.1 Å². The van der Waals surface area contributed by atoms with Crippen molar-refractivity contribution in [1.29, 1.82) is 0 Å². The zero-order valence-corrected chi connectivity index (χ0v) is 18.7. The van der Waals surface area contributed by atoms with Crippen molar-refractivity contribution in [2.75, 3.05) is 0 Å². The number of hydrogen-bond acceptors (Lipinski definition) is 2. The van der Waals surface area contributed by atoms with E-state index in [-0.39, 0.29) is 22.8 Å². The number of benzene rings is 1. The van der Waals surface area contributed by atoms with Gasteiger partial charge in [-0.15, -0.1) is 0 Å². The molecular weight excluding hydrogens is 367 g/mol. The highest BCUT2D eigenvalue weighted by molar-refractivity contribution is 6.15. The molecule has 1 aliphatic rings. The van der Waals surface area contributed by atoms with Crippen molar-refractivity contribution in [2.24, 2.45) is 11.3 Å². The summed E-state index contributed by atoms with van der Waals surface area (Å²) in [5.41, 5.74) is 2.91. The fourth-order valence-electron chi connectivity index (χ4n) is 4.12. The first kappa shape index (κ1) is 24.2. The maximum absolute atomic E-state index is 9.95. The van der Waals surface area contributed by atoms with Crippen LogP contribution in [0.15, 0.2) is 85.0 Å². The Kier molecular flexibility index (Phi) is 7.90. The average molecular weight is 402 g/mol. The molecule has 2 rings (SSSR count). The second-order valence-corrected chi connectivity index (χ2v) is 9.29. The van der Waals surface area contributed by atoms with Crippen molar-refractivity contribution in [3.8, 4) is 0 Å². The van der Waals surface area contributed by atoms with E-state index in [1.807, 2.05) is 12.2 Å². The van der Waals surface area contributed by atoms with E-state index in [1.165, 1.54) is 16.7 Å². The van der Waals surface area contributed by atoms with Crippen LogP contribution in [0.5, 0.6) is 0 Å². The van der Waals surface area contributed by atoms with Crippen molar-refractivity contribution >= 4 is 7.85 Å². The van der Waals surface area contributed by atoms with Gasteiger partial charge in [0.15, 0.2) is 7.85 Å². The van der Waals surface area contributed by atoms with Gasteiger partial charge in [0, 0.05) is 5.92 Å². The Morgan fingerprint density at radius 2 is 1.80 bits per heavy atom. The molecule has 0 saturated heterocycles. The Morgan fingerprint density at radius 3 is 2.30 bits per heavy atom. The lowest BCUT2D eigenvalue weighted by atomic mass is 9.66. The fourth-order valence-corrected chi connectivity index (χ4v) is 4.12. The molecule has 2 N–H and O–H groups in total. The van der Waals surface area contributed by atoms with E-state index in [2.05, 4.69) is 70.8 Å². The second kappa shape index (κ2) is 9.81. The molecule has 2 nitrogen and oxygen atoms in total. The highest BCUT2D eigenvalue weighted by Crippen LogP contribution is 2.45. The molecule has 0 amide bonds. The highest BCUT2D eigenvalue weighted by atomic mass is 16.5. The number of aryl methyl sites for hydroxylation is 1. The molecule has 0 aromatic heterocycles. The normalized spacial score (nSPS) is 20.4. The third-order valence-electron chi connectivity index (χ3n) is 6.08.